The van der Waals surface area contributed by atoms with Gasteiger partial charge in [0.25, 0.3) is 5.56 Å². The van der Waals surface area contributed by atoms with E-state index in [0.717, 1.165) is 17.0 Å². The SMILES string of the molecule is Cc1cc(C)n(-c2ccc(=O)n(CCNC(=O)/C=C/c3cccnc3)n2)n1. The van der Waals surface area contributed by atoms with Crippen molar-refractivity contribution in [3.05, 3.63) is 76.1 Å². The molecule has 138 valence electrons. The number of pyridine rings is 1. The summed E-state index contributed by atoms with van der Waals surface area (Å²) in [4.78, 5) is 27.9. The molecule has 1 amide bonds. The molecule has 0 atom stereocenters. The maximum atomic E-state index is 12.0. The summed E-state index contributed by atoms with van der Waals surface area (Å²) in [5.41, 5.74) is 2.40. The van der Waals surface area contributed by atoms with Crippen LogP contribution in [0.5, 0.6) is 0 Å². The summed E-state index contributed by atoms with van der Waals surface area (Å²) in [7, 11) is 0. The minimum atomic E-state index is -0.249. The molecule has 0 spiro atoms. The van der Waals surface area contributed by atoms with E-state index in [0.29, 0.717) is 5.82 Å². The second-order valence-corrected chi connectivity index (χ2v) is 6.00. The van der Waals surface area contributed by atoms with Crippen molar-refractivity contribution >= 4 is 12.0 Å². The average Bonchev–Trinajstić information content (AvgIpc) is 3.00. The van der Waals surface area contributed by atoms with E-state index in [9.17, 15) is 9.59 Å². The monoisotopic (exact) mass is 364 g/mol. The van der Waals surface area contributed by atoms with E-state index in [1.165, 1.54) is 16.8 Å². The summed E-state index contributed by atoms with van der Waals surface area (Å²) < 4.78 is 3.00. The minimum Gasteiger partial charge on any atom is -0.351 e. The molecule has 0 fully saturated rings. The molecule has 0 aliphatic heterocycles. The summed E-state index contributed by atoms with van der Waals surface area (Å²) >= 11 is 0. The third-order valence-electron chi connectivity index (χ3n) is 3.81. The zero-order valence-electron chi connectivity index (χ0n) is 15.2. The molecule has 1 N–H and O–H groups in total. The molecule has 0 unspecified atom stereocenters. The second kappa shape index (κ2) is 8.22. The van der Waals surface area contributed by atoms with E-state index in [1.807, 2.05) is 26.0 Å². The Labute approximate surface area is 156 Å². The molecular formula is C19H20N6O2. The van der Waals surface area contributed by atoms with E-state index in [2.05, 4.69) is 20.5 Å². The Morgan fingerprint density at radius 2 is 2.07 bits per heavy atom. The fraction of sp³-hybridized carbons (Fsp3) is 0.211. The van der Waals surface area contributed by atoms with Gasteiger partial charge in [-0.25, -0.2) is 9.36 Å². The molecular weight excluding hydrogens is 344 g/mol. The van der Waals surface area contributed by atoms with Gasteiger partial charge in [0.1, 0.15) is 0 Å². The highest BCUT2D eigenvalue weighted by Gasteiger charge is 2.07. The van der Waals surface area contributed by atoms with Crippen LogP contribution >= 0.6 is 0 Å². The molecule has 0 radical (unpaired) electrons. The van der Waals surface area contributed by atoms with E-state index in [-0.39, 0.29) is 24.6 Å². The van der Waals surface area contributed by atoms with Crippen molar-refractivity contribution in [2.75, 3.05) is 6.54 Å². The Balaban J connectivity index is 1.62. The van der Waals surface area contributed by atoms with Crippen molar-refractivity contribution in [1.82, 2.24) is 29.9 Å². The highest BCUT2D eigenvalue weighted by Crippen LogP contribution is 2.07. The van der Waals surface area contributed by atoms with Gasteiger partial charge in [-0.15, -0.1) is 5.10 Å². The zero-order chi connectivity index (χ0) is 19.2. The number of carbonyl (C=O) groups excluding carboxylic acids is 1. The summed E-state index contributed by atoms with van der Waals surface area (Å²) in [6.45, 7) is 4.36. The molecule has 3 heterocycles. The summed E-state index contributed by atoms with van der Waals surface area (Å²) in [6.07, 6.45) is 6.44. The van der Waals surface area contributed by atoms with Gasteiger partial charge >= 0.3 is 0 Å². The standard InChI is InChI=1S/C19H20N6O2/c1-14-12-15(2)25(22-14)17-6-8-19(27)24(23-17)11-10-21-18(26)7-5-16-4-3-9-20-13-16/h3-9,12-13H,10-11H2,1-2H3,(H,21,26)/b7-5+. The fourth-order valence-electron chi connectivity index (χ4n) is 2.56. The number of nitrogens with zero attached hydrogens (tertiary/aromatic N) is 5. The zero-order valence-corrected chi connectivity index (χ0v) is 15.2. The first-order valence-electron chi connectivity index (χ1n) is 8.51. The van der Waals surface area contributed by atoms with Gasteiger partial charge in [-0.1, -0.05) is 6.07 Å². The van der Waals surface area contributed by atoms with Crippen LogP contribution in [-0.2, 0) is 11.3 Å². The van der Waals surface area contributed by atoms with Crippen LogP contribution in [0.1, 0.15) is 17.0 Å². The van der Waals surface area contributed by atoms with Crippen molar-refractivity contribution in [3.8, 4) is 5.82 Å². The summed E-state index contributed by atoms with van der Waals surface area (Å²) in [6, 6.07) is 8.67. The molecule has 0 aliphatic rings. The van der Waals surface area contributed by atoms with Gasteiger partial charge in [-0.05, 0) is 43.7 Å². The Bertz CT molecular complexity index is 1020. The van der Waals surface area contributed by atoms with E-state index in [1.54, 1.807) is 35.3 Å². The van der Waals surface area contributed by atoms with Crippen LogP contribution in [0, 0.1) is 13.8 Å². The minimum absolute atomic E-state index is 0.236. The highest BCUT2D eigenvalue weighted by atomic mass is 16.1. The maximum Gasteiger partial charge on any atom is 0.266 e. The number of hydrogen-bond donors (Lipinski definition) is 1. The Kier molecular flexibility index (Phi) is 5.55. The van der Waals surface area contributed by atoms with Gasteiger partial charge in [-0.2, -0.15) is 5.10 Å². The van der Waals surface area contributed by atoms with Gasteiger partial charge in [0.15, 0.2) is 5.82 Å². The lowest BCUT2D eigenvalue weighted by Gasteiger charge is -2.08. The number of carbonyl (C=O) groups is 1. The molecule has 3 rings (SSSR count). The van der Waals surface area contributed by atoms with Crippen molar-refractivity contribution in [2.24, 2.45) is 0 Å². The van der Waals surface area contributed by atoms with Crippen LogP contribution in [0.3, 0.4) is 0 Å². The summed E-state index contributed by atoms with van der Waals surface area (Å²) in [5, 5.41) is 11.4. The normalized spacial score (nSPS) is 11.0. The lowest BCUT2D eigenvalue weighted by Crippen LogP contribution is -2.31. The molecule has 0 aliphatic carbocycles. The molecule has 3 aromatic rings. The summed E-state index contributed by atoms with van der Waals surface area (Å²) in [5.74, 6) is 0.310. The molecule has 3 aromatic heterocycles. The van der Waals surface area contributed by atoms with E-state index < -0.39 is 0 Å². The van der Waals surface area contributed by atoms with Crippen LogP contribution < -0.4 is 10.9 Å². The number of amides is 1. The van der Waals surface area contributed by atoms with E-state index in [4.69, 9.17) is 0 Å². The molecule has 27 heavy (non-hydrogen) atoms. The Morgan fingerprint density at radius 1 is 1.22 bits per heavy atom. The van der Waals surface area contributed by atoms with Crippen LogP contribution in [0.2, 0.25) is 0 Å². The first kappa shape index (κ1) is 18.2. The number of hydrogen-bond acceptors (Lipinski definition) is 5. The van der Waals surface area contributed by atoms with E-state index >= 15 is 0 Å². The van der Waals surface area contributed by atoms with Crippen molar-refractivity contribution < 1.29 is 4.79 Å². The molecule has 0 aromatic carbocycles. The van der Waals surface area contributed by atoms with Crippen molar-refractivity contribution in [2.45, 2.75) is 20.4 Å². The maximum absolute atomic E-state index is 12.0. The van der Waals surface area contributed by atoms with Gasteiger partial charge < -0.3 is 5.32 Å². The number of aromatic nitrogens is 5. The van der Waals surface area contributed by atoms with Crippen LogP contribution in [0.15, 0.2) is 53.6 Å². The molecule has 0 saturated carbocycles. The Morgan fingerprint density at radius 3 is 2.78 bits per heavy atom. The quantitative estimate of drug-likeness (QED) is 0.665. The van der Waals surface area contributed by atoms with Crippen molar-refractivity contribution in [3.63, 3.8) is 0 Å². The molecule has 0 saturated heterocycles. The third-order valence-corrected chi connectivity index (χ3v) is 3.81. The fourth-order valence-corrected chi connectivity index (χ4v) is 2.56. The lowest BCUT2D eigenvalue weighted by atomic mass is 10.2. The second-order valence-electron chi connectivity index (χ2n) is 6.00. The van der Waals surface area contributed by atoms with Gasteiger partial charge in [0.2, 0.25) is 5.91 Å². The number of nitrogens with one attached hydrogen (secondary N) is 1. The predicted octanol–water partition coefficient (Wildman–Crippen LogP) is 1.27. The topological polar surface area (TPSA) is 94.7 Å². The highest BCUT2D eigenvalue weighted by molar-refractivity contribution is 5.91. The first-order chi connectivity index (χ1) is 13.0. The number of aryl methyl sites for hydroxylation is 2. The first-order valence-corrected chi connectivity index (χ1v) is 8.51. The molecule has 0 bridgehead atoms. The van der Waals surface area contributed by atoms with Crippen molar-refractivity contribution in [1.29, 1.82) is 0 Å². The third kappa shape index (κ3) is 4.75. The largest absolute Gasteiger partial charge is 0.351 e. The van der Waals surface area contributed by atoms with Gasteiger partial charge in [0, 0.05) is 36.8 Å². The van der Waals surface area contributed by atoms with Gasteiger partial charge in [-0.3, -0.25) is 14.6 Å². The lowest BCUT2D eigenvalue weighted by molar-refractivity contribution is -0.116. The van der Waals surface area contributed by atoms with Crippen LogP contribution in [-0.4, -0.2) is 37.0 Å². The van der Waals surface area contributed by atoms with Crippen LogP contribution in [0.4, 0.5) is 0 Å². The average molecular weight is 364 g/mol. The Hall–Kier alpha value is -3.55. The molecule has 8 heteroatoms. The van der Waals surface area contributed by atoms with Gasteiger partial charge in [0.05, 0.1) is 12.2 Å². The predicted molar refractivity (Wildman–Crippen MR) is 101 cm³/mol. The smallest absolute Gasteiger partial charge is 0.266 e. The molecule has 8 nitrogen and oxygen atoms in total. The number of rotatable bonds is 6. The van der Waals surface area contributed by atoms with Crippen LogP contribution in [0.25, 0.3) is 11.9 Å².